The third-order valence-electron chi connectivity index (χ3n) is 4.66. The zero-order valence-electron chi connectivity index (χ0n) is 17.7. The van der Waals surface area contributed by atoms with Crippen LogP contribution in [0.2, 0.25) is 0 Å². The van der Waals surface area contributed by atoms with Crippen molar-refractivity contribution in [1.82, 2.24) is 5.32 Å². The summed E-state index contributed by atoms with van der Waals surface area (Å²) < 4.78 is 13.4. The van der Waals surface area contributed by atoms with Crippen molar-refractivity contribution in [3.8, 4) is 0 Å². The molecule has 3 amide bonds. The molecule has 0 bridgehead atoms. The fourth-order valence-electron chi connectivity index (χ4n) is 2.90. The molecule has 0 aliphatic carbocycles. The molecule has 2 rings (SSSR count). The zero-order chi connectivity index (χ0) is 22.3. The van der Waals surface area contributed by atoms with E-state index in [1.807, 2.05) is 38.1 Å². The second-order valence-corrected chi connectivity index (χ2v) is 7.53. The first-order valence-corrected chi connectivity index (χ1v) is 9.92. The van der Waals surface area contributed by atoms with Gasteiger partial charge in [-0.3, -0.25) is 14.4 Å². The Morgan fingerprint density at radius 1 is 0.900 bits per heavy atom. The number of halogens is 1. The molecule has 0 saturated carbocycles. The molecule has 0 saturated heterocycles. The number of amides is 3. The number of hydrogen-bond acceptors (Lipinski definition) is 3. The van der Waals surface area contributed by atoms with Crippen molar-refractivity contribution < 1.29 is 18.8 Å². The SMILES string of the molecule is Cc1ccc(F)cc1NC(=O)C(C)NC(=O)CCC(=O)Nc1ccccc1C(C)C. The molecule has 0 aliphatic heterocycles. The Labute approximate surface area is 176 Å². The monoisotopic (exact) mass is 413 g/mol. The summed E-state index contributed by atoms with van der Waals surface area (Å²) in [5, 5.41) is 7.99. The zero-order valence-corrected chi connectivity index (χ0v) is 17.7. The normalized spacial score (nSPS) is 11.7. The Morgan fingerprint density at radius 3 is 2.27 bits per heavy atom. The van der Waals surface area contributed by atoms with E-state index in [-0.39, 0.29) is 24.7 Å². The summed E-state index contributed by atoms with van der Waals surface area (Å²) in [6.07, 6.45) is -0.0537. The van der Waals surface area contributed by atoms with E-state index in [2.05, 4.69) is 16.0 Å². The predicted octanol–water partition coefficient (Wildman–Crippen LogP) is 4.12. The molecule has 0 radical (unpaired) electrons. The van der Waals surface area contributed by atoms with E-state index >= 15 is 0 Å². The smallest absolute Gasteiger partial charge is 0.246 e. The number of hydrogen-bond donors (Lipinski definition) is 3. The van der Waals surface area contributed by atoms with Crippen molar-refractivity contribution in [3.63, 3.8) is 0 Å². The quantitative estimate of drug-likeness (QED) is 0.608. The molecular formula is C23H28FN3O3. The summed E-state index contributed by atoms with van der Waals surface area (Å²) in [4.78, 5) is 36.6. The standard InChI is InChI=1S/C23H28FN3O3/c1-14(2)18-7-5-6-8-19(18)26-22(29)12-11-21(28)25-16(4)23(30)27-20-13-17(24)10-9-15(20)3/h5-10,13-14,16H,11-12H2,1-4H3,(H,25,28)(H,26,29)(H,27,30). The van der Waals surface area contributed by atoms with Crippen LogP contribution < -0.4 is 16.0 Å². The van der Waals surface area contributed by atoms with E-state index in [0.29, 0.717) is 11.3 Å². The van der Waals surface area contributed by atoms with Crippen LogP contribution in [0.15, 0.2) is 42.5 Å². The van der Waals surface area contributed by atoms with Gasteiger partial charge in [0.1, 0.15) is 11.9 Å². The molecule has 1 unspecified atom stereocenters. The summed E-state index contributed by atoms with van der Waals surface area (Å²) in [6, 6.07) is 10.8. The van der Waals surface area contributed by atoms with Gasteiger partial charge in [0.15, 0.2) is 0 Å². The van der Waals surface area contributed by atoms with Gasteiger partial charge in [-0.15, -0.1) is 0 Å². The molecule has 2 aromatic rings. The largest absolute Gasteiger partial charge is 0.345 e. The van der Waals surface area contributed by atoms with Crippen LogP contribution >= 0.6 is 0 Å². The lowest BCUT2D eigenvalue weighted by molar-refractivity contribution is -0.127. The van der Waals surface area contributed by atoms with Crippen molar-refractivity contribution >= 4 is 29.1 Å². The van der Waals surface area contributed by atoms with Crippen LogP contribution in [-0.4, -0.2) is 23.8 Å². The number of rotatable bonds is 8. The van der Waals surface area contributed by atoms with Gasteiger partial charge in [-0.05, 0) is 49.1 Å². The Hall–Kier alpha value is -3.22. The van der Waals surface area contributed by atoms with E-state index in [1.54, 1.807) is 13.0 Å². The van der Waals surface area contributed by atoms with E-state index in [0.717, 1.165) is 11.3 Å². The van der Waals surface area contributed by atoms with Crippen molar-refractivity contribution in [2.24, 2.45) is 0 Å². The molecule has 7 heteroatoms. The van der Waals surface area contributed by atoms with Gasteiger partial charge in [0.05, 0.1) is 0 Å². The Balaban J connectivity index is 1.83. The number of anilines is 2. The molecule has 30 heavy (non-hydrogen) atoms. The maximum absolute atomic E-state index is 13.4. The average molecular weight is 413 g/mol. The highest BCUT2D eigenvalue weighted by molar-refractivity contribution is 5.98. The molecular weight excluding hydrogens is 385 g/mol. The van der Waals surface area contributed by atoms with E-state index in [1.165, 1.54) is 19.1 Å². The highest BCUT2D eigenvalue weighted by atomic mass is 19.1. The van der Waals surface area contributed by atoms with Crippen molar-refractivity contribution in [2.45, 2.75) is 52.5 Å². The van der Waals surface area contributed by atoms with Crippen LogP contribution in [0, 0.1) is 12.7 Å². The van der Waals surface area contributed by atoms with Gasteiger partial charge >= 0.3 is 0 Å². The highest BCUT2D eigenvalue weighted by Crippen LogP contribution is 2.23. The molecule has 0 aliphatic rings. The van der Waals surface area contributed by atoms with Gasteiger partial charge in [0, 0.05) is 24.2 Å². The maximum Gasteiger partial charge on any atom is 0.246 e. The second kappa shape index (κ2) is 10.5. The van der Waals surface area contributed by atoms with Gasteiger partial charge in [-0.1, -0.05) is 38.1 Å². The highest BCUT2D eigenvalue weighted by Gasteiger charge is 2.18. The number of nitrogens with one attached hydrogen (secondary N) is 3. The summed E-state index contributed by atoms with van der Waals surface area (Å²) in [5.74, 6) is -1.36. The minimum Gasteiger partial charge on any atom is -0.345 e. The predicted molar refractivity (Wildman–Crippen MR) is 116 cm³/mol. The summed E-state index contributed by atoms with van der Waals surface area (Å²) in [5.41, 5.74) is 2.82. The van der Waals surface area contributed by atoms with Crippen molar-refractivity contribution in [1.29, 1.82) is 0 Å². The Morgan fingerprint density at radius 2 is 1.57 bits per heavy atom. The average Bonchev–Trinajstić information content (AvgIpc) is 2.69. The second-order valence-electron chi connectivity index (χ2n) is 7.53. The Bertz CT molecular complexity index is 928. The lowest BCUT2D eigenvalue weighted by Gasteiger charge is -2.16. The molecule has 160 valence electrons. The van der Waals surface area contributed by atoms with Crippen LogP contribution in [0.5, 0.6) is 0 Å². The number of benzene rings is 2. The fourth-order valence-corrected chi connectivity index (χ4v) is 2.90. The number of carbonyl (C=O) groups is 3. The van der Waals surface area contributed by atoms with Crippen molar-refractivity contribution in [2.75, 3.05) is 10.6 Å². The molecule has 0 aromatic heterocycles. The van der Waals surface area contributed by atoms with E-state index in [4.69, 9.17) is 0 Å². The number of carbonyl (C=O) groups excluding carboxylic acids is 3. The lowest BCUT2D eigenvalue weighted by Crippen LogP contribution is -2.41. The Kier molecular flexibility index (Phi) is 8.09. The molecule has 2 aromatic carbocycles. The first kappa shape index (κ1) is 23.1. The van der Waals surface area contributed by atoms with Gasteiger partial charge < -0.3 is 16.0 Å². The molecule has 1 atom stereocenters. The van der Waals surface area contributed by atoms with Crippen LogP contribution in [0.3, 0.4) is 0 Å². The van der Waals surface area contributed by atoms with Crippen LogP contribution in [-0.2, 0) is 14.4 Å². The van der Waals surface area contributed by atoms with Crippen molar-refractivity contribution in [3.05, 3.63) is 59.4 Å². The summed E-state index contributed by atoms with van der Waals surface area (Å²) in [6.45, 7) is 7.35. The van der Waals surface area contributed by atoms with Crippen LogP contribution in [0.25, 0.3) is 0 Å². The van der Waals surface area contributed by atoms with E-state index in [9.17, 15) is 18.8 Å². The fraction of sp³-hybridized carbons (Fsp3) is 0.348. The van der Waals surface area contributed by atoms with Gasteiger partial charge in [-0.2, -0.15) is 0 Å². The minimum atomic E-state index is -0.829. The topological polar surface area (TPSA) is 87.3 Å². The number of aryl methyl sites for hydroxylation is 1. The van der Waals surface area contributed by atoms with Crippen LogP contribution in [0.4, 0.5) is 15.8 Å². The lowest BCUT2D eigenvalue weighted by atomic mass is 10.0. The van der Waals surface area contributed by atoms with Gasteiger partial charge in [0.2, 0.25) is 17.7 Å². The first-order chi connectivity index (χ1) is 14.2. The van der Waals surface area contributed by atoms with Gasteiger partial charge in [-0.25, -0.2) is 4.39 Å². The minimum absolute atomic E-state index is 0.00436. The third kappa shape index (κ3) is 6.69. The maximum atomic E-state index is 13.4. The van der Waals surface area contributed by atoms with E-state index < -0.39 is 23.7 Å². The molecule has 3 N–H and O–H groups in total. The number of para-hydroxylation sites is 1. The first-order valence-electron chi connectivity index (χ1n) is 9.92. The molecule has 0 heterocycles. The molecule has 0 spiro atoms. The summed E-state index contributed by atoms with van der Waals surface area (Å²) in [7, 11) is 0. The van der Waals surface area contributed by atoms with Gasteiger partial charge in [0.25, 0.3) is 0 Å². The van der Waals surface area contributed by atoms with Crippen LogP contribution in [0.1, 0.15) is 50.7 Å². The molecule has 0 fully saturated rings. The third-order valence-corrected chi connectivity index (χ3v) is 4.66. The summed E-state index contributed by atoms with van der Waals surface area (Å²) >= 11 is 0. The molecule has 6 nitrogen and oxygen atoms in total.